The number of hydrogen-bond acceptors (Lipinski definition) is 5. The molecule has 0 saturated heterocycles. The van der Waals surface area contributed by atoms with Crippen molar-refractivity contribution in [1.82, 2.24) is 9.88 Å². The predicted octanol–water partition coefficient (Wildman–Crippen LogP) is 1.00. The van der Waals surface area contributed by atoms with Gasteiger partial charge in [0.15, 0.2) is 11.5 Å². The lowest BCUT2D eigenvalue weighted by atomic mass is 10.1. The number of hydrogen-bond donors (Lipinski definition) is 3. The normalized spacial score (nSPS) is 14.6. The number of nitrogens with one attached hydrogen (secondary N) is 1. The molecule has 2 aromatic rings. The Labute approximate surface area is 142 Å². The van der Waals surface area contributed by atoms with Crippen LogP contribution in [0.2, 0.25) is 0 Å². The number of carbonyl (C=O) groups is 1. The van der Waals surface area contributed by atoms with Crippen molar-refractivity contribution in [3.05, 3.63) is 34.1 Å². The molecule has 0 bridgehead atoms. The van der Waals surface area contributed by atoms with E-state index in [9.17, 15) is 14.2 Å². The number of carbonyl (C=O) groups excluding carboxylic acids is 1. The van der Waals surface area contributed by atoms with Crippen molar-refractivity contribution in [3.63, 3.8) is 0 Å². The molecule has 0 spiro atoms. The number of fused-ring (bicyclic) bond motifs is 2. The van der Waals surface area contributed by atoms with E-state index in [2.05, 4.69) is 5.32 Å². The second kappa shape index (κ2) is 6.18. The number of benzene rings is 1. The second-order valence-electron chi connectivity index (χ2n) is 5.62. The lowest BCUT2D eigenvalue weighted by molar-refractivity contribution is 0.0944. The van der Waals surface area contributed by atoms with Crippen LogP contribution in [0, 0.1) is 0 Å². The summed E-state index contributed by atoms with van der Waals surface area (Å²) in [6.45, 7) is 3.55. The van der Waals surface area contributed by atoms with E-state index in [4.69, 9.17) is 19.3 Å². The average molecular weight is 368 g/mol. The van der Waals surface area contributed by atoms with Crippen LogP contribution in [0.15, 0.2) is 23.1 Å². The molecule has 2 heterocycles. The summed E-state index contributed by atoms with van der Waals surface area (Å²) in [5, 5.41) is 2.44. The minimum Gasteiger partial charge on any atom is -0.454 e. The van der Waals surface area contributed by atoms with E-state index in [0.29, 0.717) is 23.6 Å². The molecule has 3 N–H and O–H groups in total. The fraction of sp³-hybridized carbons (Fsp3) is 0.333. The molecule has 1 unspecified atom stereocenters. The first-order valence-corrected chi connectivity index (χ1v) is 9.23. The number of pyridine rings is 1. The molecule has 0 saturated carbocycles. The molecular weight excluding hydrogens is 351 g/mol. The molecule has 1 aromatic carbocycles. The predicted molar refractivity (Wildman–Crippen MR) is 89.0 cm³/mol. The van der Waals surface area contributed by atoms with Crippen molar-refractivity contribution in [2.45, 2.75) is 26.2 Å². The molecule has 10 heteroatoms. The molecule has 9 nitrogen and oxygen atoms in total. The SMILES string of the molecule is CCn1cc(C(=O)NC(C)P(=O)(O)O)c(=O)c2cc3c(cc21)OCO3. The van der Waals surface area contributed by atoms with Crippen LogP contribution in [0.4, 0.5) is 0 Å². The van der Waals surface area contributed by atoms with Crippen LogP contribution in [0.25, 0.3) is 10.9 Å². The van der Waals surface area contributed by atoms with Gasteiger partial charge in [0, 0.05) is 18.8 Å². The van der Waals surface area contributed by atoms with Crippen molar-refractivity contribution < 1.29 is 28.6 Å². The molecule has 134 valence electrons. The van der Waals surface area contributed by atoms with Crippen LogP contribution in [0.3, 0.4) is 0 Å². The summed E-state index contributed by atoms with van der Waals surface area (Å²) in [4.78, 5) is 43.3. The second-order valence-corrected chi connectivity index (χ2v) is 7.57. The van der Waals surface area contributed by atoms with Crippen LogP contribution in [-0.2, 0) is 11.1 Å². The molecule has 3 rings (SSSR count). The first-order valence-electron chi connectivity index (χ1n) is 7.55. The Hall–Kier alpha value is -2.35. The molecule has 1 aromatic heterocycles. The smallest absolute Gasteiger partial charge is 0.347 e. The van der Waals surface area contributed by atoms with Gasteiger partial charge in [-0.25, -0.2) is 0 Å². The monoisotopic (exact) mass is 368 g/mol. The summed E-state index contributed by atoms with van der Waals surface area (Å²) in [6.07, 6.45) is 1.37. The Kier molecular flexibility index (Phi) is 4.32. The Bertz CT molecular complexity index is 962. The maximum atomic E-state index is 12.7. The Balaban J connectivity index is 2.12. The molecule has 0 radical (unpaired) electrons. The largest absolute Gasteiger partial charge is 0.454 e. The maximum absolute atomic E-state index is 12.7. The fourth-order valence-corrected chi connectivity index (χ4v) is 2.84. The summed E-state index contributed by atoms with van der Waals surface area (Å²) in [7, 11) is -4.50. The van der Waals surface area contributed by atoms with E-state index in [-0.39, 0.29) is 17.7 Å². The lowest BCUT2D eigenvalue weighted by Crippen LogP contribution is -2.35. The quantitative estimate of drug-likeness (QED) is 0.687. The standard InChI is InChI=1S/C15H17N2O7P/c1-3-17-6-10(15(19)16-8(2)25(20,21)22)14(18)9-4-12-13(5-11(9)17)24-7-23-12/h4-6,8H,3,7H2,1-2H3,(H,16,19)(H2,20,21,22). The zero-order valence-electron chi connectivity index (χ0n) is 13.6. The first-order chi connectivity index (χ1) is 11.7. The van der Waals surface area contributed by atoms with E-state index in [1.807, 2.05) is 6.92 Å². The highest BCUT2D eigenvalue weighted by Gasteiger charge is 2.27. The van der Waals surface area contributed by atoms with Crippen molar-refractivity contribution in [3.8, 4) is 11.5 Å². The molecule has 0 fully saturated rings. The van der Waals surface area contributed by atoms with Gasteiger partial charge >= 0.3 is 7.60 Å². The Morgan fingerprint density at radius 3 is 2.60 bits per heavy atom. The third-order valence-electron chi connectivity index (χ3n) is 4.00. The third kappa shape index (κ3) is 3.13. The number of nitrogens with zero attached hydrogens (tertiary/aromatic N) is 1. The van der Waals surface area contributed by atoms with Crippen LogP contribution in [0.1, 0.15) is 24.2 Å². The topological polar surface area (TPSA) is 127 Å². The van der Waals surface area contributed by atoms with Gasteiger partial charge in [0.25, 0.3) is 5.91 Å². The summed E-state index contributed by atoms with van der Waals surface area (Å²) in [6, 6.07) is 3.18. The number of rotatable bonds is 4. The van der Waals surface area contributed by atoms with Gasteiger partial charge in [-0.05, 0) is 19.9 Å². The van der Waals surface area contributed by atoms with Gasteiger partial charge in [0.1, 0.15) is 11.3 Å². The third-order valence-corrected chi connectivity index (χ3v) is 5.14. The van der Waals surface area contributed by atoms with Crippen LogP contribution < -0.4 is 20.2 Å². The summed E-state index contributed by atoms with van der Waals surface area (Å²) in [5.41, 5.74) is -0.168. The van der Waals surface area contributed by atoms with Gasteiger partial charge in [-0.1, -0.05) is 0 Å². The minimum atomic E-state index is -4.50. The molecule has 1 amide bonds. The molecular formula is C15H17N2O7P. The van der Waals surface area contributed by atoms with E-state index in [0.717, 1.165) is 0 Å². The highest BCUT2D eigenvalue weighted by Crippen LogP contribution is 2.39. The summed E-state index contributed by atoms with van der Waals surface area (Å²) >= 11 is 0. The van der Waals surface area contributed by atoms with Gasteiger partial charge < -0.3 is 29.1 Å². The molecule has 0 aliphatic carbocycles. The Morgan fingerprint density at radius 1 is 1.36 bits per heavy atom. The number of aromatic nitrogens is 1. The van der Waals surface area contributed by atoms with E-state index >= 15 is 0 Å². The van der Waals surface area contributed by atoms with Crippen molar-refractivity contribution >= 4 is 24.4 Å². The van der Waals surface area contributed by atoms with Crippen molar-refractivity contribution in [2.24, 2.45) is 0 Å². The van der Waals surface area contributed by atoms with E-state index < -0.39 is 24.7 Å². The number of aryl methyl sites for hydroxylation is 1. The van der Waals surface area contributed by atoms with Crippen molar-refractivity contribution in [2.75, 3.05) is 6.79 Å². The Morgan fingerprint density at radius 2 is 2.00 bits per heavy atom. The summed E-state index contributed by atoms with van der Waals surface area (Å²) in [5.74, 6) is -1.32. The highest BCUT2D eigenvalue weighted by molar-refractivity contribution is 7.52. The van der Waals surface area contributed by atoms with Crippen LogP contribution in [-0.4, -0.2) is 32.8 Å². The zero-order valence-corrected chi connectivity index (χ0v) is 14.4. The van der Waals surface area contributed by atoms with Gasteiger partial charge in [0.05, 0.1) is 10.9 Å². The minimum absolute atomic E-state index is 0.0547. The lowest BCUT2D eigenvalue weighted by Gasteiger charge is -2.16. The van der Waals surface area contributed by atoms with E-state index in [1.54, 1.807) is 10.6 Å². The fourth-order valence-electron chi connectivity index (χ4n) is 2.55. The molecule has 25 heavy (non-hydrogen) atoms. The van der Waals surface area contributed by atoms with Gasteiger partial charge in [0.2, 0.25) is 12.2 Å². The number of ether oxygens (including phenoxy) is 2. The average Bonchev–Trinajstić information content (AvgIpc) is 3.00. The maximum Gasteiger partial charge on any atom is 0.347 e. The highest BCUT2D eigenvalue weighted by atomic mass is 31.2. The van der Waals surface area contributed by atoms with E-state index in [1.165, 1.54) is 19.2 Å². The van der Waals surface area contributed by atoms with Gasteiger partial charge in [-0.15, -0.1) is 0 Å². The van der Waals surface area contributed by atoms with Crippen LogP contribution in [0.5, 0.6) is 11.5 Å². The molecule has 1 aliphatic rings. The summed E-state index contributed by atoms with van der Waals surface area (Å²) < 4.78 is 23.5. The zero-order chi connectivity index (χ0) is 18.4. The van der Waals surface area contributed by atoms with Crippen molar-refractivity contribution in [1.29, 1.82) is 0 Å². The molecule has 1 atom stereocenters. The number of amides is 1. The molecule has 1 aliphatic heterocycles. The van der Waals surface area contributed by atoms with Gasteiger partial charge in [-0.2, -0.15) is 0 Å². The van der Waals surface area contributed by atoms with Crippen LogP contribution >= 0.6 is 7.60 Å². The first kappa shape index (κ1) is 17.5. The van der Waals surface area contributed by atoms with Gasteiger partial charge in [-0.3, -0.25) is 14.2 Å².